The summed E-state index contributed by atoms with van der Waals surface area (Å²) < 4.78 is 53.3. The van der Waals surface area contributed by atoms with Gasteiger partial charge in [-0.1, -0.05) is 44.7 Å². The van der Waals surface area contributed by atoms with Crippen molar-refractivity contribution in [1.29, 1.82) is 5.31 Å². The monoisotopic (exact) mass is 779 g/mol. The molecule has 0 bridgehead atoms. The summed E-state index contributed by atoms with van der Waals surface area (Å²) in [6.45, 7) is 8.76. The van der Waals surface area contributed by atoms with Gasteiger partial charge >= 0.3 is 248 Å². The van der Waals surface area contributed by atoms with E-state index in [4.69, 9.17) is 47.9 Å². The van der Waals surface area contributed by atoms with Crippen LogP contribution in [-0.2, 0) is 55.9 Å². The van der Waals surface area contributed by atoms with Crippen LogP contribution in [0.1, 0.15) is 90.2 Å². The van der Waals surface area contributed by atoms with Crippen LogP contribution in [0.5, 0.6) is 11.5 Å². The van der Waals surface area contributed by atoms with Crippen molar-refractivity contribution in [3.05, 3.63) is 83.5 Å². The van der Waals surface area contributed by atoms with Crippen LogP contribution >= 0.6 is 0 Å². The Hall–Kier alpha value is -4.04. The number of hydrogen-bond acceptors (Lipinski definition) is 12. The normalized spacial score (nSPS) is 20.2. The van der Waals surface area contributed by atoms with E-state index in [0.717, 1.165) is 55.6 Å². The summed E-state index contributed by atoms with van der Waals surface area (Å²) in [6.07, 6.45) is 7.92. The first-order valence-corrected chi connectivity index (χ1v) is 19.4. The zero-order valence-electron chi connectivity index (χ0n) is 34.5. The van der Waals surface area contributed by atoms with Crippen molar-refractivity contribution in [2.24, 2.45) is 5.41 Å². The summed E-state index contributed by atoms with van der Waals surface area (Å²) in [5.41, 5.74) is 1.44. The zero-order chi connectivity index (χ0) is 41.0. The molecule has 0 radical (unpaired) electrons. The van der Waals surface area contributed by atoms with Gasteiger partial charge in [0.1, 0.15) is 5.75 Å². The fourth-order valence-electron chi connectivity index (χ4n) is 6.77. The summed E-state index contributed by atoms with van der Waals surface area (Å²) in [7, 11) is 6.94. The number of nitrogens with one attached hydrogen (secondary N) is 1. The van der Waals surface area contributed by atoms with Gasteiger partial charge in [-0.3, -0.25) is 0 Å². The van der Waals surface area contributed by atoms with Gasteiger partial charge in [0.05, 0.1) is 13.7 Å². The third-order valence-corrected chi connectivity index (χ3v) is 10.0. The molecule has 12 nitrogen and oxygen atoms in total. The van der Waals surface area contributed by atoms with Gasteiger partial charge in [0.25, 0.3) is 0 Å². The Morgan fingerprint density at radius 1 is 0.946 bits per heavy atom. The van der Waals surface area contributed by atoms with E-state index < -0.39 is 47.6 Å². The number of esters is 2. The molecule has 0 aromatic heterocycles. The number of carbonyl (C=O) groups excluding carboxylic acids is 2. The third kappa shape index (κ3) is 13.9. The Kier molecular flexibility index (Phi) is 19.8. The Labute approximate surface area is 333 Å². The Bertz CT molecular complexity index is 1550. The molecule has 56 heavy (non-hydrogen) atoms. The molecule has 308 valence electrons. The van der Waals surface area contributed by atoms with E-state index >= 15 is 0 Å². The van der Waals surface area contributed by atoms with Gasteiger partial charge in [0.2, 0.25) is 0 Å². The van der Waals surface area contributed by atoms with Gasteiger partial charge in [-0.2, -0.15) is 0 Å². The molecule has 3 rings (SSSR count). The smallest absolute Gasteiger partial charge is 0.497 e. The molecule has 1 N–H and O–H groups in total. The van der Waals surface area contributed by atoms with Crippen molar-refractivity contribution in [3.63, 3.8) is 0 Å². The Balaban J connectivity index is 1.96. The van der Waals surface area contributed by atoms with Gasteiger partial charge in [0, 0.05) is 0 Å². The number of methoxy groups -OCH3 is 4. The van der Waals surface area contributed by atoms with Crippen LogP contribution in [0.3, 0.4) is 0 Å². The number of benzene rings is 2. The van der Waals surface area contributed by atoms with Crippen molar-refractivity contribution in [3.8, 4) is 11.5 Å². The average Bonchev–Trinajstić information content (AvgIpc) is 3.20. The quantitative estimate of drug-likeness (QED) is 0.0344. The molecule has 0 unspecified atom stereocenters. The number of rotatable bonds is 25. The van der Waals surface area contributed by atoms with Crippen LogP contribution in [0, 0.1) is 10.7 Å². The van der Waals surface area contributed by atoms with E-state index in [-0.39, 0.29) is 32.5 Å². The number of carbonyl (C=O) groups is 2. The number of ether oxygens (including phenoxy) is 8. The Morgan fingerprint density at radius 2 is 1.57 bits per heavy atom. The second kappa shape index (κ2) is 23.9. The molecule has 1 heterocycles. The van der Waals surface area contributed by atoms with Crippen molar-refractivity contribution >= 4 is 19.2 Å². The first kappa shape index (κ1) is 46.3. The van der Waals surface area contributed by atoms with Crippen molar-refractivity contribution in [2.45, 2.75) is 122 Å². The van der Waals surface area contributed by atoms with E-state index in [0.29, 0.717) is 18.6 Å². The van der Waals surface area contributed by atoms with E-state index in [2.05, 4.69) is 6.92 Å². The third-order valence-electron chi connectivity index (χ3n) is 10.0. The standard InChI is InChI=1S/C43H62BNO11/c1-9-10-11-12-13-15-39(46)54-41-34(27-40(47)50-7)26-37(28-38(31(2)56-44-45)53-30-33-18-22-36(49-6)23-19-33)55-43(41,51-8)42(3,4)24-14-25-52-29-32-16-20-35(48-5)21-17-32/h14,16-24,27,31,37-38,41,45H,9-13,15,25-26,28-30H2,1-8H3/t31-,37+,38-,41+,43-/m1/s1. The fourth-order valence-corrected chi connectivity index (χ4v) is 6.77. The van der Waals surface area contributed by atoms with Gasteiger partial charge in [-0.15, -0.1) is 0 Å². The molecule has 1 saturated heterocycles. The molecule has 2 aromatic carbocycles. The molecule has 1 aliphatic heterocycles. The van der Waals surface area contributed by atoms with Gasteiger partial charge in [-0.25, -0.2) is 0 Å². The molecule has 0 amide bonds. The molecule has 5 atom stereocenters. The van der Waals surface area contributed by atoms with Gasteiger partial charge in [-0.05, 0) is 17.7 Å². The minimum atomic E-state index is -1.60. The summed E-state index contributed by atoms with van der Waals surface area (Å²) in [6, 6.07) is 15.2. The molecule has 0 saturated carbocycles. The van der Waals surface area contributed by atoms with Crippen LogP contribution in [-0.4, -0.2) is 84.5 Å². The maximum atomic E-state index is 13.5. The predicted octanol–water partition coefficient (Wildman–Crippen LogP) is 8.07. The molecule has 1 aliphatic rings. The van der Waals surface area contributed by atoms with Crippen LogP contribution in [0.4, 0.5) is 0 Å². The van der Waals surface area contributed by atoms with Crippen molar-refractivity contribution in [1.82, 2.24) is 0 Å². The minimum Gasteiger partial charge on any atom is -0.497 e. The van der Waals surface area contributed by atoms with E-state index in [1.54, 1.807) is 14.2 Å². The topological polar surface area (TPSA) is 141 Å². The molecule has 1 fully saturated rings. The van der Waals surface area contributed by atoms with Gasteiger partial charge < -0.3 is 4.74 Å². The maximum absolute atomic E-state index is 13.5. The van der Waals surface area contributed by atoms with E-state index in [1.165, 1.54) is 20.3 Å². The molecular formula is C43H62BNO11. The van der Waals surface area contributed by atoms with Crippen LogP contribution < -0.4 is 9.47 Å². The second-order valence-corrected chi connectivity index (χ2v) is 14.5. The van der Waals surface area contributed by atoms with Crippen molar-refractivity contribution < 1.29 is 52.1 Å². The SMILES string of the molecule is CCCCCCCC(=O)O[C@H]1C(=CC(=O)OC)C[C@@H](C[C@@H](OCc2ccc(OC)cc2)[C@@H](C)OB=N)O[C@@]1(OC)C(C)(C)C=CCOCc1ccc(OC)cc1. The first-order valence-electron chi connectivity index (χ1n) is 19.4. The number of hydrogen-bond donors (Lipinski definition) is 1. The van der Waals surface area contributed by atoms with E-state index in [9.17, 15) is 9.59 Å². The molecule has 0 spiro atoms. The van der Waals surface area contributed by atoms with Crippen LogP contribution in [0.25, 0.3) is 0 Å². The molecule has 2 aromatic rings. The molecular weight excluding hydrogens is 717 g/mol. The van der Waals surface area contributed by atoms with Crippen molar-refractivity contribution in [2.75, 3.05) is 35.0 Å². The predicted molar refractivity (Wildman–Crippen MR) is 213 cm³/mol. The van der Waals surface area contributed by atoms with Crippen LogP contribution in [0.2, 0.25) is 0 Å². The zero-order valence-corrected chi connectivity index (χ0v) is 34.5. The van der Waals surface area contributed by atoms with Crippen LogP contribution in [0.15, 0.2) is 72.3 Å². The molecule has 13 heteroatoms. The summed E-state index contributed by atoms with van der Waals surface area (Å²) in [5.74, 6) is -1.12. The number of unbranched alkanes of at least 4 members (excludes halogenated alkanes) is 4. The second-order valence-electron chi connectivity index (χ2n) is 14.5. The summed E-state index contributed by atoms with van der Waals surface area (Å²) >= 11 is 0. The Morgan fingerprint density at radius 3 is 2.14 bits per heavy atom. The van der Waals surface area contributed by atoms with E-state index in [1.807, 2.05) is 81.5 Å². The summed E-state index contributed by atoms with van der Waals surface area (Å²) in [4.78, 5) is 26.5. The van der Waals surface area contributed by atoms with Gasteiger partial charge in [0.15, 0.2) is 0 Å². The minimum absolute atomic E-state index is 0.207. The average molecular weight is 780 g/mol. The first-order chi connectivity index (χ1) is 26.9. The summed E-state index contributed by atoms with van der Waals surface area (Å²) in [5, 5.41) is 7.62. The molecule has 0 aliphatic carbocycles. The fraction of sp³-hybridized carbons (Fsp3) is 0.581.